The van der Waals surface area contributed by atoms with Crippen molar-refractivity contribution in [2.75, 3.05) is 31.6 Å². The second-order valence-electron chi connectivity index (χ2n) is 9.06. The number of aliphatic hydroxyl groups excluding tert-OH is 1. The highest BCUT2D eigenvalue weighted by Gasteiger charge is 2.43. The van der Waals surface area contributed by atoms with Crippen molar-refractivity contribution < 1.29 is 44.9 Å². The van der Waals surface area contributed by atoms with Crippen LogP contribution in [0.3, 0.4) is 0 Å². The molecule has 2 aromatic rings. The number of amides is 1. The predicted molar refractivity (Wildman–Crippen MR) is 142 cm³/mol. The van der Waals surface area contributed by atoms with Crippen molar-refractivity contribution in [3.05, 3.63) is 60.2 Å². The zero-order valence-electron chi connectivity index (χ0n) is 29.4. The number of ether oxygens (including phenoxy) is 3. The molecule has 2 aliphatic heterocycles. The van der Waals surface area contributed by atoms with Gasteiger partial charge in [-0.3, -0.25) is 5.32 Å². The van der Waals surface area contributed by atoms with Crippen LogP contribution in [0, 0.1) is 11.8 Å². The van der Waals surface area contributed by atoms with Gasteiger partial charge in [0.05, 0.1) is 30.1 Å². The Morgan fingerprint density at radius 3 is 2.71 bits per heavy atom. The lowest BCUT2D eigenvalue weighted by atomic mass is 10.0. The maximum Gasteiger partial charge on any atom is 0.411 e. The van der Waals surface area contributed by atoms with E-state index in [1.54, 1.807) is 30.3 Å². The number of benzene rings is 2. The SMILES string of the molecule is [2H]C([2H])([2H])C([2H])(C([2H])([2H])[2H])C([2H])([2H])N(C[C@@H](O)[C@@H](N)Cc1ccccc1)S(=O)(=O)c1ccc(NC(=O)O[C@H]2CO[C@H]3OCC[C@H]32)cc1. The molecule has 38 heavy (non-hydrogen) atoms. The maximum absolute atomic E-state index is 14.0. The molecule has 1 amide bonds. The minimum absolute atomic E-state index is 0.00132. The van der Waals surface area contributed by atoms with Gasteiger partial charge in [0.25, 0.3) is 0 Å². The summed E-state index contributed by atoms with van der Waals surface area (Å²) in [5.74, 6) is -4.14. The van der Waals surface area contributed by atoms with Gasteiger partial charge in [-0.2, -0.15) is 4.31 Å². The summed E-state index contributed by atoms with van der Waals surface area (Å²) in [6.45, 7) is -12.3. The number of rotatable bonds is 11. The van der Waals surface area contributed by atoms with E-state index in [-0.39, 0.29) is 28.9 Å². The van der Waals surface area contributed by atoms with E-state index in [2.05, 4.69) is 5.32 Å². The molecule has 2 heterocycles. The number of hydrogen-bond acceptors (Lipinski definition) is 8. The normalized spacial score (nSPS) is 27.7. The van der Waals surface area contributed by atoms with Gasteiger partial charge in [0, 0.05) is 37.1 Å². The molecular weight excluding hydrogens is 510 g/mol. The Morgan fingerprint density at radius 1 is 1.26 bits per heavy atom. The molecule has 0 bridgehead atoms. The number of nitrogens with one attached hydrogen (secondary N) is 1. The number of carbonyl (C=O) groups excluding carboxylic acids is 1. The van der Waals surface area contributed by atoms with Gasteiger partial charge in [-0.15, -0.1) is 0 Å². The Hall–Kier alpha value is -2.54. The van der Waals surface area contributed by atoms with E-state index in [4.69, 9.17) is 32.3 Å². The Morgan fingerprint density at radius 2 is 2.00 bits per heavy atom. The van der Waals surface area contributed by atoms with E-state index in [1.807, 2.05) is 0 Å². The van der Waals surface area contributed by atoms with Crippen LogP contribution in [0.1, 0.15) is 38.0 Å². The molecule has 0 aliphatic carbocycles. The molecule has 10 nitrogen and oxygen atoms in total. The molecule has 0 radical (unpaired) electrons. The monoisotopic (exact) mass is 556 g/mol. The zero-order chi connectivity index (χ0) is 35.0. The predicted octanol–water partition coefficient (Wildman–Crippen LogP) is 2.57. The quantitative estimate of drug-likeness (QED) is 0.384. The van der Waals surface area contributed by atoms with Crippen LogP contribution in [0.5, 0.6) is 0 Å². The van der Waals surface area contributed by atoms with Gasteiger partial charge in [-0.05, 0) is 48.6 Å². The van der Waals surface area contributed by atoms with Crippen LogP contribution < -0.4 is 11.1 Å². The minimum atomic E-state index is -5.19. The van der Waals surface area contributed by atoms with Gasteiger partial charge in [-0.1, -0.05) is 44.0 Å². The lowest BCUT2D eigenvalue weighted by molar-refractivity contribution is -0.0907. The molecule has 0 saturated carbocycles. The number of anilines is 1. The number of nitrogens with two attached hydrogens (primary N) is 1. The Kier molecular flexibility index (Phi) is 6.17. The highest BCUT2D eigenvalue weighted by atomic mass is 32.2. The first kappa shape index (κ1) is 18.7. The van der Waals surface area contributed by atoms with Crippen molar-refractivity contribution in [1.82, 2.24) is 4.31 Å². The van der Waals surface area contributed by atoms with Crippen LogP contribution in [0.4, 0.5) is 10.5 Å². The number of fused-ring (bicyclic) bond motifs is 1. The van der Waals surface area contributed by atoms with Gasteiger partial charge >= 0.3 is 6.09 Å². The summed E-state index contributed by atoms with van der Waals surface area (Å²) in [5.41, 5.74) is 6.85. The zero-order valence-corrected chi connectivity index (χ0v) is 21.3. The summed E-state index contributed by atoms with van der Waals surface area (Å²) in [6.07, 6.45) is -3.05. The second kappa shape index (κ2) is 12.5. The summed E-state index contributed by atoms with van der Waals surface area (Å²) < 4.78 is 117. The number of aliphatic hydroxyl groups is 1. The van der Waals surface area contributed by atoms with E-state index in [0.717, 1.165) is 24.3 Å². The smallest absolute Gasteiger partial charge is 0.411 e. The lowest BCUT2D eigenvalue weighted by Gasteiger charge is -2.28. The largest absolute Gasteiger partial charge is 0.443 e. The fourth-order valence-corrected chi connectivity index (χ4v) is 5.62. The molecule has 4 rings (SSSR count). The topological polar surface area (TPSA) is 140 Å². The third kappa shape index (κ3) is 7.10. The highest BCUT2D eigenvalue weighted by molar-refractivity contribution is 7.89. The third-order valence-electron chi connectivity index (χ3n) is 6.33. The first-order chi connectivity index (χ1) is 21.7. The van der Waals surface area contributed by atoms with Crippen LogP contribution in [0.2, 0.25) is 0 Å². The summed E-state index contributed by atoms with van der Waals surface area (Å²) >= 11 is 0. The van der Waals surface area contributed by atoms with Gasteiger partial charge in [0.1, 0.15) is 6.10 Å². The molecular formula is C27H37N3O7S. The van der Waals surface area contributed by atoms with Crippen molar-refractivity contribution in [2.24, 2.45) is 17.5 Å². The third-order valence-corrected chi connectivity index (χ3v) is 8.02. The van der Waals surface area contributed by atoms with Crippen molar-refractivity contribution in [3.8, 4) is 0 Å². The Balaban J connectivity index is 1.62. The van der Waals surface area contributed by atoms with Gasteiger partial charge in [-0.25, -0.2) is 13.2 Å². The van der Waals surface area contributed by atoms with E-state index in [1.165, 1.54) is 0 Å². The average molecular weight is 557 g/mol. The second-order valence-corrected chi connectivity index (χ2v) is 10.9. The van der Waals surface area contributed by atoms with Crippen LogP contribution in [0.25, 0.3) is 0 Å². The minimum Gasteiger partial charge on any atom is -0.443 e. The molecule has 2 aromatic carbocycles. The van der Waals surface area contributed by atoms with Crippen molar-refractivity contribution in [3.63, 3.8) is 0 Å². The van der Waals surface area contributed by atoms with Crippen LogP contribution >= 0.6 is 0 Å². The molecule has 208 valence electrons. The van der Waals surface area contributed by atoms with Crippen molar-refractivity contribution in [1.29, 1.82) is 0 Å². The first-order valence-electron chi connectivity index (χ1n) is 16.5. The number of hydrogen-bond donors (Lipinski definition) is 3. The average Bonchev–Trinajstić information content (AvgIpc) is 3.60. The summed E-state index contributed by atoms with van der Waals surface area (Å²) in [7, 11) is -5.19. The Bertz CT molecular complexity index is 1480. The Labute approximate surface area is 236 Å². The molecule has 2 saturated heterocycles. The number of carbonyl (C=O) groups is 1. The van der Waals surface area contributed by atoms with Crippen molar-refractivity contribution in [2.45, 2.75) is 56.0 Å². The fourth-order valence-electron chi connectivity index (χ4n) is 4.33. The summed E-state index contributed by atoms with van der Waals surface area (Å²) in [5, 5.41) is 13.4. The van der Waals surface area contributed by atoms with E-state index in [0.29, 0.717) is 18.6 Å². The van der Waals surface area contributed by atoms with Gasteiger partial charge in [0.2, 0.25) is 10.0 Å². The summed E-state index contributed by atoms with van der Waals surface area (Å²) in [6, 6.07) is 11.5. The van der Waals surface area contributed by atoms with E-state index >= 15 is 0 Å². The van der Waals surface area contributed by atoms with Crippen LogP contribution in [-0.2, 0) is 30.7 Å². The van der Waals surface area contributed by atoms with E-state index in [9.17, 15) is 18.3 Å². The van der Waals surface area contributed by atoms with E-state index < -0.39 is 78.2 Å². The molecule has 2 fully saturated rings. The highest BCUT2D eigenvalue weighted by Crippen LogP contribution is 2.33. The van der Waals surface area contributed by atoms with Crippen LogP contribution in [-0.4, -0.2) is 74.7 Å². The van der Waals surface area contributed by atoms with Gasteiger partial charge in [0.15, 0.2) is 6.29 Å². The molecule has 11 heteroatoms. The molecule has 0 unspecified atom stereocenters. The molecule has 0 aromatic heterocycles. The molecule has 5 atom stereocenters. The molecule has 0 spiro atoms. The first-order valence-corrected chi connectivity index (χ1v) is 13.5. The molecule has 2 aliphatic rings. The van der Waals surface area contributed by atoms with Crippen molar-refractivity contribution >= 4 is 21.8 Å². The lowest BCUT2D eigenvalue weighted by Crippen LogP contribution is -2.47. The molecule has 4 N–H and O–H groups in total. The number of nitrogens with zero attached hydrogens (tertiary/aromatic N) is 1. The summed E-state index contributed by atoms with van der Waals surface area (Å²) in [4.78, 5) is 11.9. The number of sulfonamides is 1. The van der Waals surface area contributed by atoms with Crippen LogP contribution in [0.15, 0.2) is 59.5 Å². The van der Waals surface area contributed by atoms with Gasteiger partial charge < -0.3 is 25.1 Å². The standard InChI is InChI=1S/C27H37N3O7S/c1-18(2)15-30(16-24(31)23(28)14-19-6-4-3-5-7-19)38(33,34)21-10-8-20(9-11-21)29-27(32)37-25-17-36-26-22(25)12-13-35-26/h3-11,18,22-26,31H,12-17,28H2,1-2H3,(H,29,32)/t22-,23-,24+,25-,26+/m0/s1/i1D3,2D3,15D2,18D. The maximum atomic E-state index is 14.0. The fraction of sp³-hybridized carbons (Fsp3) is 0.519.